The van der Waals surface area contributed by atoms with Gasteiger partial charge in [0.2, 0.25) is 0 Å². The summed E-state index contributed by atoms with van der Waals surface area (Å²) in [4.78, 5) is 22.3. The van der Waals surface area contributed by atoms with E-state index in [-0.39, 0.29) is 6.42 Å². The number of aliphatic carboxylic acids is 2. The van der Waals surface area contributed by atoms with Crippen molar-refractivity contribution in [2.45, 2.75) is 69.5 Å². The smallest absolute Gasteiger partial charge is 0.316 e. The molecule has 2 N–H and O–H groups in total. The number of rotatable bonds is 16. The molecule has 0 spiro atoms. The third kappa shape index (κ3) is 10.5. The van der Waals surface area contributed by atoms with Gasteiger partial charge in [0.05, 0.1) is 6.42 Å². The average molecular weight is 443 g/mol. The molecule has 5 heteroatoms. The predicted octanol–water partition coefficient (Wildman–Crippen LogP) is 6.02. The fourth-order valence-electron chi connectivity index (χ4n) is 3.70. The zero-order valence-electron chi connectivity index (χ0n) is 18.2. The highest BCUT2D eigenvalue weighted by molar-refractivity contribution is 8.00. The number of carbonyl (C=O) groups is 2. The maximum Gasteiger partial charge on any atom is 0.316 e. The molecule has 0 fully saturated rings. The Labute approximate surface area is 190 Å². The number of carboxylic acids is 2. The molecule has 0 unspecified atom stereocenters. The van der Waals surface area contributed by atoms with E-state index in [1.54, 1.807) is 0 Å². The van der Waals surface area contributed by atoms with Crippen molar-refractivity contribution in [3.63, 3.8) is 0 Å². The van der Waals surface area contributed by atoms with Crippen LogP contribution in [-0.2, 0) is 28.9 Å². The molecule has 2 rings (SSSR count). The summed E-state index contributed by atoms with van der Waals surface area (Å²) in [6.45, 7) is 0. The van der Waals surface area contributed by atoms with Crippen molar-refractivity contribution < 1.29 is 19.8 Å². The summed E-state index contributed by atoms with van der Waals surface area (Å²) in [6, 6.07) is 18.7. The molecule has 0 amide bonds. The van der Waals surface area contributed by atoms with Crippen LogP contribution in [0.2, 0.25) is 0 Å². The first-order valence-corrected chi connectivity index (χ1v) is 12.3. The van der Waals surface area contributed by atoms with Gasteiger partial charge in [-0.1, -0.05) is 80.3 Å². The van der Waals surface area contributed by atoms with E-state index in [1.807, 2.05) is 18.2 Å². The van der Waals surface area contributed by atoms with Gasteiger partial charge in [-0.25, -0.2) is 0 Å². The van der Waals surface area contributed by atoms with Crippen molar-refractivity contribution in [2.24, 2.45) is 0 Å². The van der Waals surface area contributed by atoms with Gasteiger partial charge in [0.1, 0.15) is 5.25 Å². The Hall–Kier alpha value is -2.27. The van der Waals surface area contributed by atoms with Crippen LogP contribution in [0.5, 0.6) is 0 Å². The highest BCUT2D eigenvalue weighted by Crippen LogP contribution is 2.22. The van der Waals surface area contributed by atoms with Crippen LogP contribution < -0.4 is 0 Å². The minimum Gasteiger partial charge on any atom is -0.481 e. The predicted molar refractivity (Wildman–Crippen MR) is 128 cm³/mol. The SMILES string of the molecule is O=C(O)CCS[C@H](Cc1ccccc1CCCCCCCCc1ccccc1)C(=O)O. The lowest BCUT2D eigenvalue weighted by Crippen LogP contribution is -2.21. The lowest BCUT2D eigenvalue weighted by molar-refractivity contribution is -0.137. The summed E-state index contributed by atoms with van der Waals surface area (Å²) in [5.74, 6) is -1.45. The van der Waals surface area contributed by atoms with Gasteiger partial charge in [-0.15, -0.1) is 11.8 Å². The van der Waals surface area contributed by atoms with E-state index in [2.05, 4.69) is 36.4 Å². The summed E-state index contributed by atoms with van der Waals surface area (Å²) >= 11 is 1.22. The summed E-state index contributed by atoms with van der Waals surface area (Å²) in [5, 5.41) is 17.7. The molecule has 0 heterocycles. The van der Waals surface area contributed by atoms with Crippen molar-refractivity contribution in [3.8, 4) is 0 Å². The van der Waals surface area contributed by atoms with E-state index in [0.29, 0.717) is 12.2 Å². The second-order valence-corrected chi connectivity index (χ2v) is 9.23. The van der Waals surface area contributed by atoms with Crippen LogP contribution >= 0.6 is 11.8 Å². The monoisotopic (exact) mass is 442 g/mol. The van der Waals surface area contributed by atoms with Crippen LogP contribution in [0.1, 0.15) is 61.6 Å². The van der Waals surface area contributed by atoms with Gasteiger partial charge >= 0.3 is 11.9 Å². The summed E-state index contributed by atoms with van der Waals surface area (Å²) < 4.78 is 0. The minimum atomic E-state index is -0.892. The standard InChI is InChI=1S/C26H34O4S/c27-25(28)18-19-31-24(26(29)30)20-23-17-11-10-16-22(23)15-9-4-2-1-3-6-12-21-13-7-5-8-14-21/h5,7-8,10-11,13-14,16-17,24H,1-4,6,9,12,15,18-20H2,(H,27,28)(H,29,30)/t24-/m1/s1. The lowest BCUT2D eigenvalue weighted by Gasteiger charge is -2.15. The third-order valence-electron chi connectivity index (χ3n) is 5.44. The maximum atomic E-state index is 11.6. The molecule has 2 aromatic carbocycles. The molecular formula is C26H34O4S. The summed E-state index contributed by atoms with van der Waals surface area (Å²) in [6.07, 6.45) is 9.85. The highest BCUT2D eigenvalue weighted by Gasteiger charge is 2.20. The molecular weight excluding hydrogens is 408 g/mol. The topological polar surface area (TPSA) is 74.6 Å². The number of hydrogen-bond acceptors (Lipinski definition) is 3. The summed E-state index contributed by atoms with van der Waals surface area (Å²) in [5.41, 5.74) is 3.71. The molecule has 0 radical (unpaired) electrons. The van der Waals surface area contributed by atoms with Crippen molar-refractivity contribution >= 4 is 23.7 Å². The van der Waals surface area contributed by atoms with Crippen molar-refractivity contribution in [3.05, 3.63) is 71.3 Å². The average Bonchev–Trinajstić information content (AvgIpc) is 2.76. The Morgan fingerprint density at radius 2 is 1.32 bits per heavy atom. The second-order valence-electron chi connectivity index (χ2n) is 7.92. The third-order valence-corrected chi connectivity index (χ3v) is 6.65. The minimum absolute atomic E-state index is 0.0125. The first-order valence-electron chi connectivity index (χ1n) is 11.2. The summed E-state index contributed by atoms with van der Waals surface area (Å²) in [7, 11) is 0. The Bertz CT molecular complexity index is 791. The molecule has 2 aromatic rings. The van der Waals surface area contributed by atoms with Gasteiger partial charge < -0.3 is 10.2 Å². The first-order chi connectivity index (χ1) is 15.1. The molecule has 31 heavy (non-hydrogen) atoms. The quantitative estimate of drug-likeness (QED) is 0.311. The Kier molecular flexibility index (Phi) is 11.8. The van der Waals surface area contributed by atoms with Gasteiger partial charge in [-0.3, -0.25) is 9.59 Å². The maximum absolute atomic E-state index is 11.6. The Morgan fingerprint density at radius 1 is 0.742 bits per heavy atom. The van der Waals surface area contributed by atoms with Crippen LogP contribution in [0.3, 0.4) is 0 Å². The number of thioether (sulfide) groups is 1. The van der Waals surface area contributed by atoms with Crippen molar-refractivity contribution in [1.29, 1.82) is 0 Å². The second kappa shape index (κ2) is 14.7. The molecule has 4 nitrogen and oxygen atoms in total. The van der Waals surface area contributed by atoms with E-state index in [4.69, 9.17) is 5.11 Å². The van der Waals surface area contributed by atoms with E-state index in [1.165, 1.54) is 55.0 Å². The van der Waals surface area contributed by atoms with E-state index in [9.17, 15) is 14.7 Å². The van der Waals surface area contributed by atoms with Crippen LogP contribution in [-0.4, -0.2) is 33.2 Å². The van der Waals surface area contributed by atoms with Crippen LogP contribution in [0.4, 0.5) is 0 Å². The fraction of sp³-hybridized carbons (Fsp3) is 0.462. The Morgan fingerprint density at radius 3 is 1.97 bits per heavy atom. The Balaban J connectivity index is 1.68. The van der Waals surface area contributed by atoms with Crippen molar-refractivity contribution in [1.82, 2.24) is 0 Å². The lowest BCUT2D eigenvalue weighted by atomic mass is 9.97. The molecule has 0 aromatic heterocycles. The molecule has 0 saturated heterocycles. The van der Waals surface area contributed by atoms with Crippen LogP contribution in [0.25, 0.3) is 0 Å². The number of benzene rings is 2. The number of aryl methyl sites for hydroxylation is 2. The molecule has 0 aliphatic rings. The normalized spacial score (nSPS) is 11.9. The molecule has 0 aliphatic carbocycles. The van der Waals surface area contributed by atoms with Gasteiger partial charge in [-0.2, -0.15) is 0 Å². The molecule has 0 saturated carbocycles. The van der Waals surface area contributed by atoms with Gasteiger partial charge in [0.15, 0.2) is 0 Å². The van der Waals surface area contributed by atoms with Crippen LogP contribution in [0, 0.1) is 0 Å². The van der Waals surface area contributed by atoms with Gasteiger partial charge in [-0.05, 0) is 48.8 Å². The number of carboxylic acid groups (broad SMARTS) is 2. The van der Waals surface area contributed by atoms with E-state index in [0.717, 1.165) is 24.8 Å². The van der Waals surface area contributed by atoms with Crippen LogP contribution in [0.15, 0.2) is 54.6 Å². The molecule has 0 bridgehead atoms. The molecule has 168 valence electrons. The zero-order chi connectivity index (χ0) is 22.3. The van der Waals surface area contributed by atoms with Gasteiger partial charge in [0, 0.05) is 5.75 Å². The largest absolute Gasteiger partial charge is 0.481 e. The first kappa shape index (κ1) is 25.0. The molecule has 1 atom stereocenters. The van der Waals surface area contributed by atoms with Crippen molar-refractivity contribution in [2.75, 3.05) is 5.75 Å². The zero-order valence-corrected chi connectivity index (χ0v) is 19.0. The van der Waals surface area contributed by atoms with Gasteiger partial charge in [0.25, 0.3) is 0 Å². The van der Waals surface area contributed by atoms with E-state index >= 15 is 0 Å². The fourth-order valence-corrected chi connectivity index (χ4v) is 4.72. The number of unbranched alkanes of at least 4 members (excludes halogenated alkanes) is 5. The highest BCUT2D eigenvalue weighted by atomic mass is 32.2. The number of hydrogen-bond donors (Lipinski definition) is 2. The molecule has 0 aliphatic heterocycles. The van der Waals surface area contributed by atoms with E-state index < -0.39 is 17.2 Å².